The third-order valence-corrected chi connectivity index (χ3v) is 2.37. The minimum atomic E-state index is -0.561. The zero-order valence-corrected chi connectivity index (χ0v) is 11.2. The molecule has 0 saturated carbocycles. The zero-order chi connectivity index (χ0) is 13.4. The van der Waals surface area contributed by atoms with Gasteiger partial charge in [-0.25, -0.2) is 4.79 Å². The van der Waals surface area contributed by atoms with Crippen LogP contribution < -0.4 is 0 Å². The summed E-state index contributed by atoms with van der Waals surface area (Å²) in [5.74, 6) is -0.599. The van der Waals surface area contributed by atoms with Gasteiger partial charge in [-0.05, 0) is 33.3 Å². The standard InChI is InChI=1S/C13H23NO3/c1-6-8-9-14(12(15)7-2)11(5)13(16)17-10(3)4/h7,10-11H,2,6,8-9H2,1,3-5H3. The lowest BCUT2D eigenvalue weighted by Crippen LogP contribution is -2.44. The molecule has 4 nitrogen and oxygen atoms in total. The number of nitrogens with zero attached hydrogens (tertiary/aromatic N) is 1. The summed E-state index contributed by atoms with van der Waals surface area (Å²) in [6.45, 7) is 11.3. The molecule has 0 fully saturated rings. The van der Waals surface area contributed by atoms with Gasteiger partial charge in [0, 0.05) is 6.54 Å². The zero-order valence-electron chi connectivity index (χ0n) is 11.2. The Balaban J connectivity index is 4.61. The van der Waals surface area contributed by atoms with Gasteiger partial charge in [0.25, 0.3) is 0 Å². The highest BCUT2D eigenvalue weighted by Gasteiger charge is 2.25. The van der Waals surface area contributed by atoms with E-state index in [1.165, 1.54) is 11.0 Å². The van der Waals surface area contributed by atoms with Crippen molar-refractivity contribution in [2.24, 2.45) is 0 Å². The van der Waals surface area contributed by atoms with E-state index in [9.17, 15) is 9.59 Å². The van der Waals surface area contributed by atoms with Crippen LogP contribution >= 0.6 is 0 Å². The Labute approximate surface area is 104 Å². The molecular formula is C13H23NO3. The number of carbonyl (C=O) groups excluding carboxylic acids is 2. The first-order chi connectivity index (χ1) is 7.93. The van der Waals surface area contributed by atoms with E-state index in [0.29, 0.717) is 6.54 Å². The minimum absolute atomic E-state index is 0.170. The first kappa shape index (κ1) is 15.7. The maximum Gasteiger partial charge on any atom is 0.328 e. The molecule has 0 spiro atoms. The molecule has 0 radical (unpaired) electrons. The minimum Gasteiger partial charge on any atom is -0.461 e. The quantitative estimate of drug-likeness (QED) is 0.507. The van der Waals surface area contributed by atoms with Crippen molar-refractivity contribution < 1.29 is 14.3 Å². The van der Waals surface area contributed by atoms with Crippen LogP contribution in [0.15, 0.2) is 12.7 Å². The molecule has 98 valence electrons. The highest BCUT2D eigenvalue weighted by atomic mass is 16.5. The van der Waals surface area contributed by atoms with Crippen LogP contribution in [0.2, 0.25) is 0 Å². The van der Waals surface area contributed by atoms with E-state index in [0.717, 1.165) is 12.8 Å². The van der Waals surface area contributed by atoms with Gasteiger partial charge < -0.3 is 9.64 Å². The van der Waals surface area contributed by atoms with Gasteiger partial charge in [0.05, 0.1) is 6.10 Å². The Kier molecular flexibility index (Phi) is 7.26. The number of hydrogen-bond acceptors (Lipinski definition) is 3. The number of esters is 1. The summed E-state index contributed by atoms with van der Waals surface area (Å²) in [6, 6.07) is -0.561. The van der Waals surface area contributed by atoms with E-state index in [1.54, 1.807) is 20.8 Å². The highest BCUT2D eigenvalue weighted by Crippen LogP contribution is 2.07. The molecule has 0 aromatic heterocycles. The maximum atomic E-state index is 11.7. The molecule has 17 heavy (non-hydrogen) atoms. The Bertz CT molecular complexity index is 274. The fraction of sp³-hybridized carbons (Fsp3) is 0.692. The summed E-state index contributed by atoms with van der Waals surface area (Å²) >= 11 is 0. The van der Waals surface area contributed by atoms with Crippen molar-refractivity contribution in [1.82, 2.24) is 4.90 Å². The number of amides is 1. The van der Waals surface area contributed by atoms with Gasteiger partial charge in [-0.15, -0.1) is 0 Å². The second kappa shape index (κ2) is 7.87. The molecule has 1 unspecified atom stereocenters. The molecule has 1 amide bonds. The molecule has 0 aliphatic rings. The van der Waals surface area contributed by atoms with Crippen molar-refractivity contribution in [2.75, 3.05) is 6.54 Å². The fourth-order valence-corrected chi connectivity index (χ4v) is 1.40. The van der Waals surface area contributed by atoms with Crippen LogP contribution in [0, 0.1) is 0 Å². The van der Waals surface area contributed by atoms with Crippen LogP contribution in [0.5, 0.6) is 0 Å². The SMILES string of the molecule is C=CC(=O)N(CCCC)C(C)C(=O)OC(C)C. The van der Waals surface area contributed by atoms with E-state index >= 15 is 0 Å². The number of carbonyl (C=O) groups is 2. The number of ether oxygens (including phenoxy) is 1. The van der Waals surface area contributed by atoms with Crippen LogP contribution in [-0.2, 0) is 14.3 Å². The molecule has 0 saturated heterocycles. The second-order valence-electron chi connectivity index (χ2n) is 4.25. The first-order valence-corrected chi connectivity index (χ1v) is 6.07. The van der Waals surface area contributed by atoms with Crippen molar-refractivity contribution in [3.05, 3.63) is 12.7 Å². The van der Waals surface area contributed by atoms with E-state index in [4.69, 9.17) is 4.74 Å². The number of rotatable bonds is 7. The summed E-state index contributed by atoms with van der Waals surface area (Å²) in [5, 5.41) is 0. The number of unbranched alkanes of at least 4 members (excludes halogenated alkanes) is 1. The normalized spacial score (nSPS) is 12.1. The van der Waals surface area contributed by atoms with Crippen LogP contribution in [0.25, 0.3) is 0 Å². The predicted molar refractivity (Wildman–Crippen MR) is 67.5 cm³/mol. The lowest BCUT2D eigenvalue weighted by molar-refractivity contribution is -0.156. The van der Waals surface area contributed by atoms with Crippen LogP contribution in [0.4, 0.5) is 0 Å². The second-order valence-corrected chi connectivity index (χ2v) is 4.25. The third-order valence-electron chi connectivity index (χ3n) is 2.37. The lowest BCUT2D eigenvalue weighted by Gasteiger charge is -2.27. The van der Waals surface area contributed by atoms with Gasteiger partial charge in [0.15, 0.2) is 0 Å². The fourth-order valence-electron chi connectivity index (χ4n) is 1.40. The van der Waals surface area contributed by atoms with Crippen molar-refractivity contribution in [3.63, 3.8) is 0 Å². The van der Waals surface area contributed by atoms with Gasteiger partial charge in [0.1, 0.15) is 6.04 Å². The van der Waals surface area contributed by atoms with E-state index in [-0.39, 0.29) is 18.0 Å². The number of hydrogen-bond donors (Lipinski definition) is 0. The molecule has 0 aliphatic heterocycles. The summed E-state index contributed by atoms with van der Waals surface area (Å²) in [4.78, 5) is 24.9. The highest BCUT2D eigenvalue weighted by molar-refractivity contribution is 5.91. The van der Waals surface area contributed by atoms with Gasteiger partial charge in [-0.1, -0.05) is 19.9 Å². The van der Waals surface area contributed by atoms with Crippen molar-refractivity contribution in [2.45, 2.75) is 52.7 Å². The molecule has 0 N–H and O–H groups in total. The van der Waals surface area contributed by atoms with Crippen molar-refractivity contribution in [3.8, 4) is 0 Å². The third kappa shape index (κ3) is 5.52. The molecule has 0 aliphatic carbocycles. The molecule has 4 heteroatoms. The van der Waals surface area contributed by atoms with Crippen LogP contribution in [-0.4, -0.2) is 35.5 Å². The lowest BCUT2D eigenvalue weighted by atomic mass is 10.2. The van der Waals surface area contributed by atoms with E-state index < -0.39 is 6.04 Å². The maximum absolute atomic E-state index is 11.7. The smallest absolute Gasteiger partial charge is 0.328 e. The largest absolute Gasteiger partial charge is 0.461 e. The Morgan fingerprint density at radius 2 is 1.94 bits per heavy atom. The molecule has 1 atom stereocenters. The van der Waals surface area contributed by atoms with Crippen LogP contribution in [0.1, 0.15) is 40.5 Å². The molecule has 0 aromatic carbocycles. The average Bonchev–Trinajstić information content (AvgIpc) is 2.27. The monoisotopic (exact) mass is 241 g/mol. The van der Waals surface area contributed by atoms with E-state index in [2.05, 4.69) is 6.58 Å². The van der Waals surface area contributed by atoms with Crippen LogP contribution in [0.3, 0.4) is 0 Å². The molecular weight excluding hydrogens is 218 g/mol. The predicted octanol–water partition coefficient (Wildman–Crippen LogP) is 2.14. The van der Waals surface area contributed by atoms with Crippen molar-refractivity contribution in [1.29, 1.82) is 0 Å². The van der Waals surface area contributed by atoms with Gasteiger partial charge in [-0.2, -0.15) is 0 Å². The van der Waals surface area contributed by atoms with Gasteiger partial charge in [-0.3, -0.25) is 4.79 Å². The molecule has 0 heterocycles. The van der Waals surface area contributed by atoms with Crippen molar-refractivity contribution >= 4 is 11.9 Å². The van der Waals surface area contributed by atoms with E-state index in [1.807, 2.05) is 6.92 Å². The Morgan fingerprint density at radius 3 is 2.35 bits per heavy atom. The van der Waals surface area contributed by atoms with Gasteiger partial charge >= 0.3 is 5.97 Å². The molecule has 0 aromatic rings. The summed E-state index contributed by atoms with van der Waals surface area (Å²) in [7, 11) is 0. The average molecular weight is 241 g/mol. The summed E-state index contributed by atoms with van der Waals surface area (Å²) in [5.41, 5.74) is 0. The first-order valence-electron chi connectivity index (χ1n) is 6.07. The topological polar surface area (TPSA) is 46.6 Å². The molecule has 0 rings (SSSR count). The Morgan fingerprint density at radius 1 is 1.35 bits per heavy atom. The summed E-state index contributed by atoms with van der Waals surface area (Å²) < 4.78 is 5.10. The van der Waals surface area contributed by atoms with Gasteiger partial charge in [0.2, 0.25) is 5.91 Å². The summed E-state index contributed by atoms with van der Waals surface area (Å²) in [6.07, 6.45) is 2.89. The molecule has 0 bridgehead atoms. The Hall–Kier alpha value is -1.32.